The molecule has 3 heterocycles. The summed E-state index contributed by atoms with van der Waals surface area (Å²) in [6.45, 7) is 2.04. The molecule has 0 spiro atoms. The van der Waals surface area contributed by atoms with Crippen LogP contribution in [0, 0.1) is 6.92 Å². The molecule has 38 heavy (non-hydrogen) atoms. The van der Waals surface area contributed by atoms with Crippen LogP contribution in [-0.2, 0) is 0 Å². The third kappa shape index (κ3) is 4.76. The smallest absolute Gasteiger partial charge is 0.174 e. The van der Waals surface area contributed by atoms with Gasteiger partial charge in [0.1, 0.15) is 29.1 Å². The summed E-state index contributed by atoms with van der Waals surface area (Å²) < 4.78 is 12.5. The van der Waals surface area contributed by atoms with E-state index in [1.165, 1.54) is 0 Å². The zero-order chi connectivity index (χ0) is 26.1. The molecule has 0 saturated carbocycles. The molecule has 0 amide bonds. The van der Waals surface area contributed by atoms with E-state index in [4.69, 9.17) is 33.0 Å². The number of anilines is 1. The van der Waals surface area contributed by atoms with Crippen molar-refractivity contribution >= 4 is 34.6 Å². The molecule has 0 aliphatic carbocycles. The Morgan fingerprint density at radius 3 is 2.42 bits per heavy atom. The molecule has 6 rings (SSSR count). The number of furan rings is 1. The van der Waals surface area contributed by atoms with Gasteiger partial charge >= 0.3 is 0 Å². The Morgan fingerprint density at radius 2 is 1.66 bits per heavy atom. The summed E-state index contributed by atoms with van der Waals surface area (Å²) in [5.41, 5.74) is 3.84. The zero-order valence-electron chi connectivity index (χ0n) is 20.5. The van der Waals surface area contributed by atoms with Crippen molar-refractivity contribution < 1.29 is 9.15 Å². The SMILES string of the molecule is Cc1ccc(Cl)cc1-c1ccc([C@H]2[C@H](c3ccccn3)NC(=S)N2c2ccc(Oc3ccccc3)cc2)o1. The fraction of sp³-hybridized carbons (Fsp3) is 0.0968. The number of nitrogens with one attached hydrogen (secondary N) is 1. The van der Waals surface area contributed by atoms with Gasteiger partial charge in [-0.3, -0.25) is 4.98 Å². The van der Waals surface area contributed by atoms with Crippen molar-refractivity contribution in [2.24, 2.45) is 0 Å². The van der Waals surface area contributed by atoms with E-state index < -0.39 is 0 Å². The number of nitrogens with zero attached hydrogens (tertiary/aromatic N) is 2. The van der Waals surface area contributed by atoms with Gasteiger partial charge in [-0.1, -0.05) is 41.9 Å². The van der Waals surface area contributed by atoms with Gasteiger partial charge in [-0.15, -0.1) is 0 Å². The second-order valence-electron chi connectivity index (χ2n) is 9.07. The van der Waals surface area contributed by atoms with Gasteiger partial charge in [0.05, 0.1) is 11.7 Å². The lowest BCUT2D eigenvalue weighted by molar-refractivity contribution is 0.439. The highest BCUT2D eigenvalue weighted by molar-refractivity contribution is 7.80. The van der Waals surface area contributed by atoms with Crippen LogP contribution in [0.3, 0.4) is 0 Å². The quantitative estimate of drug-likeness (QED) is 0.220. The maximum atomic E-state index is 6.49. The molecule has 1 fully saturated rings. The van der Waals surface area contributed by atoms with Crippen LogP contribution in [0.15, 0.2) is 114 Å². The van der Waals surface area contributed by atoms with E-state index in [2.05, 4.69) is 15.2 Å². The van der Waals surface area contributed by atoms with Gasteiger partial charge in [0.2, 0.25) is 0 Å². The Balaban J connectivity index is 1.37. The van der Waals surface area contributed by atoms with Crippen LogP contribution in [-0.4, -0.2) is 10.1 Å². The van der Waals surface area contributed by atoms with E-state index in [0.29, 0.717) is 10.1 Å². The number of hydrogen-bond acceptors (Lipinski definition) is 4. The van der Waals surface area contributed by atoms with Crippen molar-refractivity contribution in [3.05, 3.63) is 131 Å². The van der Waals surface area contributed by atoms with Gasteiger partial charge in [0, 0.05) is 22.5 Å². The minimum absolute atomic E-state index is 0.205. The summed E-state index contributed by atoms with van der Waals surface area (Å²) >= 11 is 12.1. The highest BCUT2D eigenvalue weighted by Gasteiger charge is 2.42. The van der Waals surface area contributed by atoms with Crippen LogP contribution >= 0.6 is 23.8 Å². The minimum Gasteiger partial charge on any atom is -0.459 e. The predicted octanol–water partition coefficient (Wildman–Crippen LogP) is 8.27. The molecule has 1 saturated heterocycles. The van der Waals surface area contributed by atoms with Crippen molar-refractivity contribution in [3.63, 3.8) is 0 Å². The third-order valence-electron chi connectivity index (χ3n) is 6.58. The van der Waals surface area contributed by atoms with Crippen molar-refractivity contribution in [2.75, 3.05) is 4.90 Å². The molecule has 1 aliphatic heterocycles. The number of pyridine rings is 1. The fourth-order valence-corrected chi connectivity index (χ4v) is 5.26. The Kier molecular flexibility index (Phi) is 6.58. The molecule has 5 aromatic rings. The number of thiocarbonyl (C=S) groups is 1. The molecule has 0 radical (unpaired) electrons. The topological polar surface area (TPSA) is 50.5 Å². The second kappa shape index (κ2) is 10.3. The molecular weight excluding hydrogens is 514 g/mol. The van der Waals surface area contributed by atoms with E-state index in [-0.39, 0.29) is 12.1 Å². The third-order valence-corrected chi connectivity index (χ3v) is 7.12. The first-order valence-corrected chi connectivity index (χ1v) is 13.1. The molecule has 5 nitrogen and oxygen atoms in total. The molecular formula is C31H24ClN3O2S. The van der Waals surface area contributed by atoms with Crippen molar-refractivity contribution in [3.8, 4) is 22.8 Å². The maximum absolute atomic E-state index is 6.49. The molecule has 7 heteroatoms. The van der Waals surface area contributed by atoms with E-state index in [0.717, 1.165) is 45.5 Å². The Bertz CT molecular complexity index is 1570. The Labute approximate surface area is 231 Å². The summed E-state index contributed by atoms with van der Waals surface area (Å²) in [5, 5.41) is 4.74. The summed E-state index contributed by atoms with van der Waals surface area (Å²) in [7, 11) is 0. The molecule has 1 aliphatic rings. The normalized spacial score (nSPS) is 16.9. The predicted molar refractivity (Wildman–Crippen MR) is 155 cm³/mol. The van der Waals surface area contributed by atoms with Crippen LogP contribution in [0.1, 0.15) is 29.1 Å². The average Bonchev–Trinajstić information content (AvgIpc) is 3.56. The number of ether oxygens (including phenoxy) is 1. The van der Waals surface area contributed by atoms with E-state index >= 15 is 0 Å². The van der Waals surface area contributed by atoms with Gasteiger partial charge in [0.25, 0.3) is 0 Å². The van der Waals surface area contributed by atoms with E-state index in [1.807, 2.05) is 110 Å². The van der Waals surface area contributed by atoms with Crippen LogP contribution in [0.5, 0.6) is 11.5 Å². The summed E-state index contributed by atoms with van der Waals surface area (Å²) in [6.07, 6.45) is 1.79. The summed E-state index contributed by atoms with van der Waals surface area (Å²) in [6, 6.07) is 32.8. The number of halogens is 1. The van der Waals surface area contributed by atoms with Crippen molar-refractivity contribution in [1.82, 2.24) is 10.3 Å². The summed E-state index contributed by atoms with van der Waals surface area (Å²) in [4.78, 5) is 6.70. The monoisotopic (exact) mass is 537 g/mol. The largest absolute Gasteiger partial charge is 0.459 e. The van der Waals surface area contributed by atoms with Crippen LogP contribution < -0.4 is 15.0 Å². The number of aromatic nitrogens is 1. The van der Waals surface area contributed by atoms with E-state index in [1.54, 1.807) is 6.20 Å². The van der Waals surface area contributed by atoms with Gasteiger partial charge in [-0.05, 0) is 97.5 Å². The first kappa shape index (κ1) is 24.2. The number of hydrogen-bond donors (Lipinski definition) is 1. The van der Waals surface area contributed by atoms with E-state index in [9.17, 15) is 0 Å². The standard InChI is InChI=1S/C31H24ClN3O2S/c1-20-10-11-21(32)19-25(20)27-16-17-28(37-27)30-29(26-9-5-6-18-33-26)34-31(38)35(30)22-12-14-24(15-13-22)36-23-7-3-2-4-8-23/h2-19,29-30H,1H3,(H,34,38)/t29-,30-/m0/s1. The van der Waals surface area contributed by atoms with Crippen LogP contribution in [0.2, 0.25) is 5.02 Å². The molecule has 188 valence electrons. The zero-order valence-corrected chi connectivity index (χ0v) is 22.1. The van der Waals surface area contributed by atoms with Crippen LogP contribution in [0.25, 0.3) is 11.3 Å². The highest BCUT2D eigenvalue weighted by atomic mass is 35.5. The molecule has 2 atom stereocenters. The molecule has 2 aromatic heterocycles. The number of aryl methyl sites for hydroxylation is 1. The fourth-order valence-electron chi connectivity index (χ4n) is 4.74. The molecule has 3 aromatic carbocycles. The first-order chi connectivity index (χ1) is 18.6. The van der Waals surface area contributed by atoms with Gasteiger partial charge in [-0.25, -0.2) is 0 Å². The van der Waals surface area contributed by atoms with Gasteiger partial charge in [0.15, 0.2) is 5.11 Å². The van der Waals surface area contributed by atoms with Crippen LogP contribution in [0.4, 0.5) is 5.69 Å². The molecule has 1 N–H and O–H groups in total. The Morgan fingerprint density at radius 1 is 0.895 bits per heavy atom. The maximum Gasteiger partial charge on any atom is 0.174 e. The minimum atomic E-state index is -0.258. The second-order valence-corrected chi connectivity index (χ2v) is 9.89. The van der Waals surface area contributed by atoms with Crippen molar-refractivity contribution in [1.29, 1.82) is 0 Å². The number of para-hydroxylation sites is 1. The summed E-state index contributed by atoms with van der Waals surface area (Å²) in [5.74, 6) is 3.05. The lowest BCUT2D eigenvalue weighted by Gasteiger charge is -2.26. The highest BCUT2D eigenvalue weighted by Crippen LogP contribution is 2.43. The molecule has 0 bridgehead atoms. The van der Waals surface area contributed by atoms with Gasteiger partial charge < -0.3 is 19.4 Å². The van der Waals surface area contributed by atoms with Crippen molar-refractivity contribution in [2.45, 2.75) is 19.0 Å². The lowest BCUT2D eigenvalue weighted by Crippen LogP contribution is -2.29. The van der Waals surface area contributed by atoms with Gasteiger partial charge in [-0.2, -0.15) is 0 Å². The Hall–Kier alpha value is -4.13. The first-order valence-electron chi connectivity index (χ1n) is 12.3. The number of benzene rings is 3. The average molecular weight is 538 g/mol. The lowest BCUT2D eigenvalue weighted by atomic mass is 10.0. The number of rotatable bonds is 6. The molecule has 0 unspecified atom stereocenters.